The Morgan fingerprint density at radius 2 is 2.13 bits per heavy atom. The molecule has 3 heteroatoms. The highest BCUT2D eigenvalue weighted by Crippen LogP contribution is 2.18. The Balaban J connectivity index is 2.35. The average Bonchev–Trinajstić information content (AvgIpc) is 2.66. The number of amides is 1. The molecule has 0 saturated carbocycles. The summed E-state index contributed by atoms with van der Waals surface area (Å²) in [5.41, 5.74) is 0. The molecule has 0 aromatic rings. The molecule has 1 atom stereocenters. The van der Waals surface area contributed by atoms with E-state index in [4.69, 9.17) is 0 Å². The maximum atomic E-state index is 12.0. The summed E-state index contributed by atoms with van der Waals surface area (Å²) in [6.45, 7) is 8.41. The number of hydrogen-bond donors (Lipinski definition) is 0. The van der Waals surface area contributed by atoms with Crippen molar-refractivity contribution in [3.8, 4) is 0 Å². The number of rotatable bonds is 5. The summed E-state index contributed by atoms with van der Waals surface area (Å²) in [7, 11) is 1.92. The maximum absolute atomic E-state index is 12.0. The molecule has 3 nitrogen and oxygen atoms in total. The molecule has 0 aliphatic carbocycles. The van der Waals surface area contributed by atoms with Crippen molar-refractivity contribution in [2.45, 2.75) is 33.1 Å². The van der Waals surface area contributed by atoms with Gasteiger partial charge < -0.3 is 9.80 Å². The van der Waals surface area contributed by atoms with Crippen LogP contribution < -0.4 is 0 Å². The second-order valence-corrected chi connectivity index (χ2v) is 4.55. The Bertz CT molecular complexity index is 206. The van der Waals surface area contributed by atoms with Gasteiger partial charge in [0.05, 0.1) is 5.92 Å². The standard InChI is InChI=1S/C12H24N2O/c1-4-7-13(3)12(15)11-6-9-14(10-11)8-5-2/h11H,4-10H2,1-3H3. The molecule has 1 unspecified atom stereocenters. The third-order valence-corrected chi connectivity index (χ3v) is 3.10. The van der Waals surface area contributed by atoms with E-state index in [9.17, 15) is 4.79 Å². The monoisotopic (exact) mass is 212 g/mol. The third-order valence-electron chi connectivity index (χ3n) is 3.10. The van der Waals surface area contributed by atoms with Gasteiger partial charge in [-0.1, -0.05) is 13.8 Å². The van der Waals surface area contributed by atoms with Gasteiger partial charge in [0.15, 0.2) is 0 Å². The molecule has 0 radical (unpaired) electrons. The molecule has 1 aliphatic heterocycles. The highest BCUT2D eigenvalue weighted by atomic mass is 16.2. The molecular weight excluding hydrogens is 188 g/mol. The summed E-state index contributed by atoms with van der Waals surface area (Å²) >= 11 is 0. The molecule has 0 aromatic heterocycles. The molecule has 0 N–H and O–H groups in total. The topological polar surface area (TPSA) is 23.6 Å². The van der Waals surface area contributed by atoms with Crippen molar-refractivity contribution < 1.29 is 4.79 Å². The van der Waals surface area contributed by atoms with Gasteiger partial charge in [0.25, 0.3) is 0 Å². The molecule has 1 amide bonds. The molecule has 0 spiro atoms. The minimum absolute atomic E-state index is 0.257. The Labute approximate surface area is 93.4 Å². The Morgan fingerprint density at radius 1 is 1.40 bits per heavy atom. The van der Waals surface area contributed by atoms with Crippen LogP contribution in [0.2, 0.25) is 0 Å². The van der Waals surface area contributed by atoms with E-state index in [0.29, 0.717) is 5.91 Å². The predicted molar refractivity (Wildman–Crippen MR) is 62.8 cm³/mol. The zero-order valence-electron chi connectivity index (χ0n) is 10.3. The lowest BCUT2D eigenvalue weighted by atomic mass is 10.1. The number of likely N-dealkylation sites (tertiary alicyclic amines) is 1. The van der Waals surface area contributed by atoms with Crippen molar-refractivity contribution in [1.29, 1.82) is 0 Å². The highest BCUT2D eigenvalue weighted by Gasteiger charge is 2.29. The molecule has 0 bridgehead atoms. The van der Waals surface area contributed by atoms with Crippen molar-refractivity contribution in [1.82, 2.24) is 9.80 Å². The minimum Gasteiger partial charge on any atom is -0.345 e. The van der Waals surface area contributed by atoms with Crippen LogP contribution in [0.3, 0.4) is 0 Å². The maximum Gasteiger partial charge on any atom is 0.226 e. The van der Waals surface area contributed by atoms with Gasteiger partial charge in [-0.25, -0.2) is 0 Å². The first-order chi connectivity index (χ1) is 7.19. The van der Waals surface area contributed by atoms with Crippen molar-refractivity contribution in [3.05, 3.63) is 0 Å². The van der Waals surface area contributed by atoms with E-state index in [-0.39, 0.29) is 5.92 Å². The normalized spacial score (nSPS) is 21.9. The summed E-state index contributed by atoms with van der Waals surface area (Å²) in [6, 6.07) is 0. The van der Waals surface area contributed by atoms with Gasteiger partial charge in [-0.3, -0.25) is 4.79 Å². The number of nitrogens with zero attached hydrogens (tertiary/aromatic N) is 2. The Kier molecular flexibility index (Phi) is 5.09. The average molecular weight is 212 g/mol. The first-order valence-corrected chi connectivity index (χ1v) is 6.16. The number of carbonyl (C=O) groups is 1. The Hall–Kier alpha value is -0.570. The third kappa shape index (κ3) is 3.49. The second-order valence-electron chi connectivity index (χ2n) is 4.55. The fourth-order valence-electron chi connectivity index (χ4n) is 2.31. The van der Waals surface area contributed by atoms with Crippen LogP contribution in [0.5, 0.6) is 0 Å². The molecule has 1 rings (SSSR count). The van der Waals surface area contributed by atoms with E-state index >= 15 is 0 Å². The first-order valence-electron chi connectivity index (χ1n) is 6.16. The molecular formula is C12H24N2O. The summed E-state index contributed by atoms with van der Waals surface area (Å²) < 4.78 is 0. The van der Waals surface area contributed by atoms with E-state index in [1.54, 1.807) is 0 Å². The highest BCUT2D eigenvalue weighted by molar-refractivity contribution is 5.79. The Morgan fingerprint density at radius 3 is 2.73 bits per heavy atom. The largest absolute Gasteiger partial charge is 0.345 e. The fraction of sp³-hybridized carbons (Fsp3) is 0.917. The molecule has 15 heavy (non-hydrogen) atoms. The quantitative estimate of drug-likeness (QED) is 0.691. The number of carbonyl (C=O) groups excluding carboxylic acids is 1. The van der Waals surface area contributed by atoms with Gasteiger partial charge in [0, 0.05) is 20.1 Å². The van der Waals surface area contributed by atoms with Gasteiger partial charge >= 0.3 is 0 Å². The minimum atomic E-state index is 0.257. The van der Waals surface area contributed by atoms with E-state index in [1.165, 1.54) is 6.42 Å². The molecule has 1 aliphatic rings. The molecule has 0 aromatic carbocycles. The van der Waals surface area contributed by atoms with Crippen LogP contribution in [-0.4, -0.2) is 48.9 Å². The lowest BCUT2D eigenvalue weighted by Gasteiger charge is -2.20. The smallest absolute Gasteiger partial charge is 0.226 e. The molecule has 1 saturated heterocycles. The molecule has 1 heterocycles. The van der Waals surface area contributed by atoms with Gasteiger partial charge in [0.2, 0.25) is 5.91 Å². The van der Waals surface area contributed by atoms with E-state index < -0.39 is 0 Å². The van der Waals surface area contributed by atoms with E-state index in [0.717, 1.165) is 39.0 Å². The van der Waals surface area contributed by atoms with E-state index in [1.807, 2.05) is 11.9 Å². The zero-order valence-corrected chi connectivity index (χ0v) is 10.3. The van der Waals surface area contributed by atoms with Gasteiger partial charge in [0.1, 0.15) is 0 Å². The van der Waals surface area contributed by atoms with Gasteiger partial charge in [-0.05, 0) is 32.4 Å². The summed E-state index contributed by atoms with van der Waals surface area (Å²) in [4.78, 5) is 16.3. The summed E-state index contributed by atoms with van der Waals surface area (Å²) in [5.74, 6) is 0.601. The number of hydrogen-bond acceptors (Lipinski definition) is 2. The van der Waals surface area contributed by atoms with Crippen LogP contribution in [0.15, 0.2) is 0 Å². The fourth-order valence-corrected chi connectivity index (χ4v) is 2.31. The van der Waals surface area contributed by atoms with Crippen molar-refractivity contribution >= 4 is 5.91 Å². The van der Waals surface area contributed by atoms with Crippen LogP contribution in [0.4, 0.5) is 0 Å². The summed E-state index contributed by atoms with van der Waals surface area (Å²) in [6.07, 6.45) is 3.28. The first kappa shape index (κ1) is 12.5. The SMILES string of the molecule is CCCN1CCC(C(=O)N(C)CCC)C1. The van der Waals surface area contributed by atoms with Crippen LogP contribution in [0.1, 0.15) is 33.1 Å². The lowest BCUT2D eigenvalue weighted by molar-refractivity contribution is -0.133. The van der Waals surface area contributed by atoms with Gasteiger partial charge in [-0.15, -0.1) is 0 Å². The lowest BCUT2D eigenvalue weighted by Crippen LogP contribution is -2.35. The van der Waals surface area contributed by atoms with E-state index in [2.05, 4.69) is 18.7 Å². The second kappa shape index (κ2) is 6.11. The van der Waals surface area contributed by atoms with Gasteiger partial charge in [-0.2, -0.15) is 0 Å². The molecule has 88 valence electrons. The van der Waals surface area contributed by atoms with Crippen molar-refractivity contribution in [2.24, 2.45) is 5.92 Å². The van der Waals surface area contributed by atoms with Crippen molar-refractivity contribution in [3.63, 3.8) is 0 Å². The van der Waals surface area contributed by atoms with Crippen LogP contribution in [-0.2, 0) is 4.79 Å². The van der Waals surface area contributed by atoms with Crippen molar-refractivity contribution in [2.75, 3.05) is 33.2 Å². The molecule has 1 fully saturated rings. The predicted octanol–water partition coefficient (Wildman–Crippen LogP) is 1.59. The summed E-state index contributed by atoms with van der Waals surface area (Å²) in [5, 5.41) is 0. The van der Waals surface area contributed by atoms with Crippen LogP contribution >= 0.6 is 0 Å². The zero-order chi connectivity index (χ0) is 11.3. The van der Waals surface area contributed by atoms with Crippen LogP contribution in [0, 0.1) is 5.92 Å². The van der Waals surface area contributed by atoms with Crippen LogP contribution in [0.25, 0.3) is 0 Å².